The molecule has 14 heteroatoms. The molecule has 4 aromatic rings. The van der Waals surface area contributed by atoms with Gasteiger partial charge in [0.05, 0.1) is 21.6 Å². The van der Waals surface area contributed by atoms with E-state index < -0.39 is 46.1 Å². The standard InChI is InChI=1S/C20H13F5N4O3S2/c1-7(30)26-14-11-17(31)28(2)19(32)29(3)18(11)34-15(14)16-27-10(6-33-16)8-4-5-9(21)12(13(8)22)20(23,24)25/h4-6H,1-3H3,(H,26,30). The average molecular weight is 516 g/mol. The molecule has 0 fully saturated rings. The van der Waals surface area contributed by atoms with E-state index in [1.165, 1.54) is 31.0 Å². The minimum absolute atomic E-state index is 0.0453. The van der Waals surface area contributed by atoms with Crippen molar-refractivity contribution < 1.29 is 26.7 Å². The third-order valence-corrected chi connectivity index (χ3v) is 7.20. The monoisotopic (exact) mass is 516 g/mol. The molecular formula is C20H13F5N4O3S2. The molecule has 3 aromatic heterocycles. The van der Waals surface area contributed by atoms with Crippen LogP contribution in [0.2, 0.25) is 0 Å². The number of aryl methyl sites for hydroxylation is 1. The van der Waals surface area contributed by atoms with E-state index in [0.29, 0.717) is 6.07 Å². The van der Waals surface area contributed by atoms with Gasteiger partial charge in [0.25, 0.3) is 5.56 Å². The van der Waals surface area contributed by atoms with Crippen LogP contribution < -0.4 is 16.6 Å². The van der Waals surface area contributed by atoms with Gasteiger partial charge in [0.15, 0.2) is 0 Å². The van der Waals surface area contributed by atoms with Crippen LogP contribution in [0.5, 0.6) is 0 Å². The van der Waals surface area contributed by atoms with E-state index in [1.807, 2.05) is 0 Å². The summed E-state index contributed by atoms with van der Waals surface area (Å²) in [4.78, 5) is 41.6. The maximum absolute atomic E-state index is 14.6. The lowest BCUT2D eigenvalue weighted by atomic mass is 10.1. The Morgan fingerprint density at radius 3 is 2.41 bits per heavy atom. The number of hydrogen-bond acceptors (Lipinski definition) is 6. The van der Waals surface area contributed by atoms with Crippen LogP contribution in [-0.2, 0) is 25.1 Å². The normalized spacial score (nSPS) is 11.9. The van der Waals surface area contributed by atoms with Crippen LogP contribution in [0.15, 0.2) is 27.1 Å². The Bertz CT molecular complexity index is 1600. The second-order valence-electron chi connectivity index (χ2n) is 7.19. The molecule has 4 rings (SSSR count). The first kappa shape index (κ1) is 23.8. The molecule has 7 nitrogen and oxygen atoms in total. The zero-order valence-electron chi connectivity index (χ0n) is 17.5. The van der Waals surface area contributed by atoms with Crippen LogP contribution in [-0.4, -0.2) is 20.0 Å². The summed E-state index contributed by atoms with van der Waals surface area (Å²) < 4.78 is 69.7. The number of anilines is 1. The number of amides is 1. The molecule has 0 aliphatic rings. The first-order valence-corrected chi connectivity index (χ1v) is 11.0. The highest BCUT2D eigenvalue weighted by molar-refractivity contribution is 7.26. The molecule has 0 spiro atoms. The lowest BCUT2D eigenvalue weighted by Gasteiger charge is -2.11. The molecule has 34 heavy (non-hydrogen) atoms. The van der Waals surface area contributed by atoms with Crippen LogP contribution in [0.3, 0.4) is 0 Å². The number of rotatable bonds is 3. The van der Waals surface area contributed by atoms with Crippen molar-refractivity contribution in [1.29, 1.82) is 0 Å². The Labute approximate surface area is 194 Å². The summed E-state index contributed by atoms with van der Waals surface area (Å²) in [6.07, 6.45) is -5.25. The highest BCUT2D eigenvalue weighted by Gasteiger charge is 2.39. The minimum atomic E-state index is -5.25. The molecule has 0 bridgehead atoms. The molecule has 0 radical (unpaired) electrons. The van der Waals surface area contributed by atoms with Crippen molar-refractivity contribution in [2.24, 2.45) is 14.1 Å². The second-order valence-corrected chi connectivity index (χ2v) is 9.05. The molecule has 0 unspecified atom stereocenters. The van der Waals surface area contributed by atoms with Crippen LogP contribution >= 0.6 is 22.7 Å². The number of hydrogen-bond donors (Lipinski definition) is 1. The maximum atomic E-state index is 14.6. The van der Waals surface area contributed by atoms with Crippen LogP contribution in [0.1, 0.15) is 12.5 Å². The summed E-state index contributed by atoms with van der Waals surface area (Å²) in [6, 6.07) is 1.35. The molecule has 0 aliphatic carbocycles. The molecule has 1 N–H and O–H groups in total. The van der Waals surface area contributed by atoms with E-state index in [2.05, 4.69) is 10.3 Å². The fourth-order valence-electron chi connectivity index (χ4n) is 3.38. The van der Waals surface area contributed by atoms with Gasteiger partial charge in [-0.2, -0.15) is 13.2 Å². The highest BCUT2D eigenvalue weighted by Crippen LogP contribution is 2.44. The van der Waals surface area contributed by atoms with Crippen molar-refractivity contribution in [2.45, 2.75) is 13.1 Å². The van der Waals surface area contributed by atoms with Gasteiger partial charge < -0.3 is 5.32 Å². The summed E-state index contributed by atoms with van der Waals surface area (Å²) in [6.45, 7) is 1.21. The van der Waals surface area contributed by atoms with Gasteiger partial charge in [-0.05, 0) is 12.1 Å². The van der Waals surface area contributed by atoms with Crippen molar-refractivity contribution in [2.75, 3.05) is 5.32 Å². The van der Waals surface area contributed by atoms with Crippen LogP contribution in [0.25, 0.3) is 31.4 Å². The molecule has 1 amide bonds. The first-order chi connectivity index (χ1) is 15.8. The number of thiazole rings is 1. The molecular weight excluding hydrogens is 503 g/mol. The number of aromatic nitrogens is 3. The highest BCUT2D eigenvalue weighted by atomic mass is 32.1. The van der Waals surface area contributed by atoms with Crippen molar-refractivity contribution in [3.05, 3.63) is 55.5 Å². The Morgan fingerprint density at radius 1 is 1.12 bits per heavy atom. The van der Waals surface area contributed by atoms with Gasteiger partial charge in [0.2, 0.25) is 5.91 Å². The number of fused-ring (bicyclic) bond motifs is 1. The smallest absolute Gasteiger partial charge is 0.324 e. The molecule has 1 aromatic carbocycles. The second kappa shape index (κ2) is 8.13. The number of halogens is 5. The summed E-state index contributed by atoms with van der Waals surface area (Å²) in [7, 11) is 2.71. The molecule has 0 atom stereocenters. The number of carbonyl (C=O) groups is 1. The van der Waals surface area contributed by atoms with Crippen molar-refractivity contribution >= 4 is 44.5 Å². The number of thiophene rings is 1. The van der Waals surface area contributed by atoms with E-state index in [-0.39, 0.29) is 31.5 Å². The Balaban J connectivity index is 1.96. The van der Waals surface area contributed by atoms with Gasteiger partial charge >= 0.3 is 11.9 Å². The lowest BCUT2D eigenvalue weighted by Crippen LogP contribution is -2.36. The fourth-order valence-corrected chi connectivity index (χ4v) is 5.50. The minimum Gasteiger partial charge on any atom is -0.324 e. The Kier molecular flexibility index (Phi) is 5.68. The van der Waals surface area contributed by atoms with Crippen LogP contribution in [0, 0.1) is 11.6 Å². The Hall–Kier alpha value is -3.39. The molecule has 0 saturated carbocycles. The van der Waals surface area contributed by atoms with Gasteiger partial charge in [0, 0.05) is 32.0 Å². The van der Waals surface area contributed by atoms with E-state index in [4.69, 9.17) is 0 Å². The predicted octanol–water partition coefficient (Wildman–Crippen LogP) is 4.34. The largest absolute Gasteiger partial charge is 0.422 e. The lowest BCUT2D eigenvalue weighted by molar-refractivity contribution is -0.142. The predicted molar refractivity (Wildman–Crippen MR) is 118 cm³/mol. The maximum Gasteiger partial charge on any atom is 0.422 e. The van der Waals surface area contributed by atoms with E-state index in [9.17, 15) is 36.3 Å². The summed E-state index contributed by atoms with van der Waals surface area (Å²) in [5.74, 6) is -4.08. The number of alkyl halides is 3. The van der Waals surface area contributed by atoms with E-state index >= 15 is 0 Å². The number of nitrogens with zero attached hydrogens (tertiary/aromatic N) is 3. The SMILES string of the molecule is CC(=O)Nc1c(-c2nc(-c3ccc(F)c(C(F)(F)F)c3F)cs2)sc2c1c(=O)n(C)c(=O)n2C. The van der Waals surface area contributed by atoms with Crippen molar-refractivity contribution in [1.82, 2.24) is 14.1 Å². The van der Waals surface area contributed by atoms with Gasteiger partial charge in [-0.1, -0.05) is 0 Å². The average Bonchev–Trinajstić information content (AvgIpc) is 3.34. The molecule has 0 aliphatic heterocycles. The van der Waals surface area contributed by atoms with Crippen molar-refractivity contribution in [3.63, 3.8) is 0 Å². The summed E-state index contributed by atoms with van der Waals surface area (Å²) in [5.41, 5.74) is -4.00. The van der Waals surface area contributed by atoms with Gasteiger partial charge in [-0.3, -0.25) is 18.7 Å². The third-order valence-electron chi connectivity index (χ3n) is 4.94. The first-order valence-electron chi connectivity index (χ1n) is 9.34. The number of nitrogens with one attached hydrogen (secondary N) is 1. The van der Waals surface area contributed by atoms with Crippen LogP contribution in [0.4, 0.5) is 27.6 Å². The zero-order chi connectivity index (χ0) is 25.1. The number of carbonyl (C=O) groups excluding carboxylic acids is 1. The zero-order valence-corrected chi connectivity index (χ0v) is 19.1. The van der Waals surface area contributed by atoms with Gasteiger partial charge in [-0.15, -0.1) is 22.7 Å². The van der Waals surface area contributed by atoms with E-state index in [0.717, 1.165) is 33.3 Å². The topological polar surface area (TPSA) is 86.0 Å². The molecule has 3 heterocycles. The number of benzene rings is 1. The van der Waals surface area contributed by atoms with Gasteiger partial charge in [-0.25, -0.2) is 18.6 Å². The quantitative estimate of drug-likeness (QED) is 0.411. The fraction of sp³-hybridized carbons (Fsp3) is 0.200. The Morgan fingerprint density at radius 2 is 1.79 bits per heavy atom. The summed E-state index contributed by atoms with van der Waals surface area (Å²) in [5, 5.41) is 4.00. The van der Waals surface area contributed by atoms with Gasteiger partial charge in [0.1, 0.15) is 27.0 Å². The van der Waals surface area contributed by atoms with E-state index in [1.54, 1.807) is 0 Å². The molecule has 0 saturated heterocycles. The summed E-state index contributed by atoms with van der Waals surface area (Å²) >= 11 is 1.86. The molecule has 178 valence electrons. The van der Waals surface area contributed by atoms with Crippen molar-refractivity contribution in [3.8, 4) is 21.1 Å². The third kappa shape index (κ3) is 3.72.